The van der Waals surface area contributed by atoms with E-state index < -0.39 is 0 Å². The molecule has 4 heteroatoms. The van der Waals surface area contributed by atoms with Crippen molar-refractivity contribution in [3.05, 3.63) is 34.2 Å². The van der Waals surface area contributed by atoms with Crippen molar-refractivity contribution in [1.29, 1.82) is 0 Å². The lowest BCUT2D eigenvalue weighted by atomic mass is 10.2. The van der Waals surface area contributed by atoms with Crippen LogP contribution < -0.4 is 5.32 Å². The van der Waals surface area contributed by atoms with Gasteiger partial charge in [0, 0.05) is 18.5 Å². The van der Waals surface area contributed by atoms with Crippen molar-refractivity contribution < 1.29 is 0 Å². The number of hydrogen-bond acceptors (Lipinski definition) is 3. The van der Waals surface area contributed by atoms with Crippen LogP contribution >= 0.6 is 22.9 Å². The van der Waals surface area contributed by atoms with Crippen LogP contribution in [-0.4, -0.2) is 11.5 Å². The summed E-state index contributed by atoms with van der Waals surface area (Å²) in [5.41, 5.74) is 1.03. The minimum absolute atomic E-state index is 0.768. The number of nitrogens with one attached hydrogen (secondary N) is 1. The molecular formula is C11H9ClN2S. The molecule has 1 aliphatic rings. The quantitative estimate of drug-likeness (QED) is 0.821. The average molecular weight is 237 g/mol. The largest absolute Gasteiger partial charge is 0.369 e. The molecule has 1 aromatic carbocycles. The van der Waals surface area contributed by atoms with Crippen molar-refractivity contribution in [2.24, 2.45) is 0 Å². The van der Waals surface area contributed by atoms with E-state index in [4.69, 9.17) is 11.6 Å². The Hall–Kier alpha value is -1.06. The molecule has 0 saturated heterocycles. The normalized spacial score (nSPS) is 13.7. The molecule has 0 aliphatic carbocycles. The third-order valence-corrected chi connectivity index (χ3v) is 3.92. The summed E-state index contributed by atoms with van der Waals surface area (Å²) < 4.78 is 0. The first-order chi connectivity index (χ1) is 7.34. The molecule has 0 atom stereocenters. The predicted molar refractivity (Wildman–Crippen MR) is 64.8 cm³/mol. The number of rotatable bonds is 1. The lowest BCUT2D eigenvalue weighted by Gasteiger charge is -1.99. The summed E-state index contributed by atoms with van der Waals surface area (Å²) in [4.78, 5) is 5.88. The molecule has 1 aromatic heterocycles. The van der Waals surface area contributed by atoms with Crippen molar-refractivity contribution in [3.8, 4) is 10.6 Å². The molecule has 0 unspecified atom stereocenters. The fourth-order valence-corrected chi connectivity index (χ4v) is 3.06. The Kier molecular flexibility index (Phi) is 2.15. The lowest BCUT2D eigenvalue weighted by molar-refractivity contribution is 1.12. The zero-order valence-electron chi connectivity index (χ0n) is 7.96. The van der Waals surface area contributed by atoms with Crippen LogP contribution in [0, 0.1) is 0 Å². The van der Waals surface area contributed by atoms with Gasteiger partial charge in [-0.2, -0.15) is 0 Å². The Morgan fingerprint density at radius 2 is 2.20 bits per heavy atom. The summed E-state index contributed by atoms with van der Waals surface area (Å²) in [5, 5.41) is 5.05. The smallest absolute Gasteiger partial charge is 0.141 e. The number of hydrogen-bond donors (Lipinski definition) is 1. The van der Waals surface area contributed by atoms with E-state index in [1.54, 1.807) is 11.3 Å². The Labute approximate surface area is 96.9 Å². The Morgan fingerprint density at radius 3 is 3.00 bits per heavy atom. The zero-order valence-corrected chi connectivity index (χ0v) is 9.53. The third-order valence-electron chi connectivity index (χ3n) is 2.45. The highest BCUT2D eigenvalue weighted by Gasteiger charge is 2.17. The molecular weight excluding hydrogens is 228 g/mol. The van der Waals surface area contributed by atoms with Crippen LogP contribution in [0.5, 0.6) is 0 Å². The maximum atomic E-state index is 6.13. The molecule has 1 aliphatic heterocycles. The fraction of sp³-hybridized carbons (Fsp3) is 0.182. The predicted octanol–water partition coefficient (Wildman–Crippen LogP) is 3.43. The van der Waals surface area contributed by atoms with Gasteiger partial charge < -0.3 is 5.32 Å². The van der Waals surface area contributed by atoms with E-state index in [9.17, 15) is 0 Å². The van der Waals surface area contributed by atoms with Crippen LogP contribution in [-0.2, 0) is 6.42 Å². The van der Waals surface area contributed by atoms with Gasteiger partial charge in [0.25, 0.3) is 0 Å². The van der Waals surface area contributed by atoms with Crippen molar-refractivity contribution in [3.63, 3.8) is 0 Å². The van der Waals surface area contributed by atoms with Gasteiger partial charge in [0.2, 0.25) is 0 Å². The summed E-state index contributed by atoms with van der Waals surface area (Å²) in [7, 11) is 0. The van der Waals surface area contributed by atoms with E-state index in [1.807, 2.05) is 24.3 Å². The standard InChI is InChI=1S/C11H9ClN2S/c12-8-4-2-1-3-7(8)11-14-10-9(15-11)5-6-13-10/h1-4,13H,5-6H2. The molecule has 0 spiro atoms. The molecule has 0 saturated carbocycles. The molecule has 15 heavy (non-hydrogen) atoms. The van der Waals surface area contributed by atoms with Gasteiger partial charge in [-0.1, -0.05) is 29.8 Å². The first kappa shape index (κ1) is 9.19. The van der Waals surface area contributed by atoms with E-state index in [2.05, 4.69) is 10.3 Å². The highest BCUT2D eigenvalue weighted by atomic mass is 35.5. The van der Waals surface area contributed by atoms with Crippen LogP contribution in [0.2, 0.25) is 5.02 Å². The Morgan fingerprint density at radius 1 is 1.33 bits per heavy atom. The van der Waals surface area contributed by atoms with Gasteiger partial charge in [-0.15, -0.1) is 11.3 Å². The molecule has 0 amide bonds. The summed E-state index contributed by atoms with van der Waals surface area (Å²) in [6.07, 6.45) is 1.08. The summed E-state index contributed by atoms with van der Waals surface area (Å²) in [6.45, 7) is 1.01. The van der Waals surface area contributed by atoms with Gasteiger partial charge >= 0.3 is 0 Å². The highest BCUT2D eigenvalue weighted by molar-refractivity contribution is 7.15. The van der Waals surface area contributed by atoms with Gasteiger partial charge in [-0.3, -0.25) is 0 Å². The van der Waals surface area contributed by atoms with Gasteiger partial charge in [0.1, 0.15) is 10.8 Å². The number of benzene rings is 1. The molecule has 2 nitrogen and oxygen atoms in total. The second kappa shape index (κ2) is 3.51. The van der Waals surface area contributed by atoms with Crippen LogP contribution in [0.1, 0.15) is 4.88 Å². The fourth-order valence-electron chi connectivity index (χ4n) is 1.70. The summed E-state index contributed by atoms with van der Waals surface area (Å²) in [5.74, 6) is 1.04. The molecule has 0 fully saturated rings. The summed E-state index contributed by atoms with van der Waals surface area (Å²) >= 11 is 7.86. The van der Waals surface area contributed by atoms with Crippen LogP contribution in [0.15, 0.2) is 24.3 Å². The van der Waals surface area contributed by atoms with E-state index in [-0.39, 0.29) is 0 Å². The number of thiazole rings is 1. The maximum absolute atomic E-state index is 6.13. The van der Waals surface area contributed by atoms with Crippen molar-refractivity contribution in [2.45, 2.75) is 6.42 Å². The second-order valence-corrected chi connectivity index (χ2v) is 4.94. The van der Waals surface area contributed by atoms with Crippen LogP contribution in [0.4, 0.5) is 5.82 Å². The molecule has 76 valence electrons. The van der Waals surface area contributed by atoms with Crippen molar-refractivity contribution in [1.82, 2.24) is 4.98 Å². The minimum Gasteiger partial charge on any atom is -0.369 e. The SMILES string of the molecule is Clc1ccccc1-c1nc2c(s1)CCN2. The van der Waals surface area contributed by atoms with Crippen LogP contribution in [0.3, 0.4) is 0 Å². The average Bonchev–Trinajstić information content (AvgIpc) is 2.77. The van der Waals surface area contributed by atoms with Gasteiger partial charge in [-0.25, -0.2) is 4.98 Å². The highest BCUT2D eigenvalue weighted by Crippen LogP contribution is 2.36. The van der Waals surface area contributed by atoms with Gasteiger partial charge in [0.15, 0.2) is 0 Å². The van der Waals surface area contributed by atoms with Gasteiger partial charge in [0.05, 0.1) is 9.90 Å². The molecule has 0 radical (unpaired) electrons. The van der Waals surface area contributed by atoms with Crippen molar-refractivity contribution in [2.75, 3.05) is 11.9 Å². The van der Waals surface area contributed by atoms with Gasteiger partial charge in [-0.05, 0) is 6.07 Å². The third kappa shape index (κ3) is 1.52. The number of nitrogens with zero attached hydrogens (tertiary/aromatic N) is 1. The second-order valence-electron chi connectivity index (χ2n) is 3.45. The van der Waals surface area contributed by atoms with E-state index in [1.165, 1.54) is 4.88 Å². The summed E-state index contributed by atoms with van der Waals surface area (Å²) in [6, 6.07) is 7.83. The van der Waals surface area contributed by atoms with E-state index >= 15 is 0 Å². The number of fused-ring (bicyclic) bond motifs is 1. The first-order valence-corrected chi connectivity index (χ1v) is 6.02. The Balaban J connectivity index is 2.10. The monoisotopic (exact) mass is 236 g/mol. The molecule has 2 aromatic rings. The topological polar surface area (TPSA) is 24.9 Å². The Bertz CT molecular complexity index is 486. The van der Waals surface area contributed by atoms with Crippen LogP contribution in [0.25, 0.3) is 10.6 Å². The number of aromatic nitrogens is 1. The number of anilines is 1. The van der Waals surface area contributed by atoms with E-state index in [0.717, 1.165) is 34.4 Å². The number of halogens is 1. The maximum Gasteiger partial charge on any atom is 0.141 e. The lowest BCUT2D eigenvalue weighted by Crippen LogP contribution is -1.93. The van der Waals surface area contributed by atoms with E-state index in [0.29, 0.717) is 0 Å². The molecule has 1 N–H and O–H groups in total. The molecule has 3 rings (SSSR count). The minimum atomic E-state index is 0.768. The van der Waals surface area contributed by atoms with Crippen molar-refractivity contribution >= 4 is 28.8 Å². The molecule has 0 bridgehead atoms. The zero-order chi connectivity index (χ0) is 10.3. The molecule has 2 heterocycles. The first-order valence-electron chi connectivity index (χ1n) is 4.83.